The summed E-state index contributed by atoms with van der Waals surface area (Å²) in [5.74, 6) is 1.32. The first-order valence-corrected chi connectivity index (χ1v) is 7.47. The Bertz CT molecular complexity index is 449. The van der Waals surface area contributed by atoms with E-state index in [1.165, 1.54) is 0 Å². The summed E-state index contributed by atoms with van der Waals surface area (Å²) in [6.45, 7) is 7.62. The molecule has 5 heteroatoms. The minimum absolute atomic E-state index is 0.118. The Balaban J connectivity index is 2.86. The Hall–Kier alpha value is -1.75. The predicted molar refractivity (Wildman–Crippen MR) is 83.8 cm³/mol. The van der Waals surface area contributed by atoms with Crippen LogP contribution in [0, 0.1) is 0 Å². The van der Waals surface area contributed by atoms with Crippen LogP contribution in [0.3, 0.4) is 0 Å². The molecular weight excluding hydrogens is 268 g/mol. The van der Waals surface area contributed by atoms with Gasteiger partial charge in [0.05, 0.1) is 6.61 Å². The molecule has 1 atom stereocenters. The first-order valence-electron chi connectivity index (χ1n) is 7.47. The summed E-state index contributed by atoms with van der Waals surface area (Å²) >= 11 is 0. The van der Waals surface area contributed by atoms with Gasteiger partial charge in [-0.1, -0.05) is 13.0 Å². The second kappa shape index (κ2) is 9.23. The van der Waals surface area contributed by atoms with Gasteiger partial charge in [0.15, 0.2) is 6.10 Å². The molecule has 0 fully saturated rings. The number of benzene rings is 1. The van der Waals surface area contributed by atoms with Gasteiger partial charge in [0.2, 0.25) is 0 Å². The summed E-state index contributed by atoms with van der Waals surface area (Å²) in [6.07, 6.45) is 0.408. The lowest BCUT2D eigenvalue weighted by molar-refractivity contribution is -0.127. The molecule has 1 unspecified atom stereocenters. The van der Waals surface area contributed by atoms with E-state index in [9.17, 15) is 4.79 Å². The molecule has 0 aliphatic heterocycles. The Morgan fingerprint density at radius 3 is 2.71 bits per heavy atom. The molecule has 1 aromatic rings. The number of hydrogen-bond donors (Lipinski definition) is 2. The highest BCUT2D eigenvalue weighted by molar-refractivity contribution is 5.80. The van der Waals surface area contributed by atoms with Crippen molar-refractivity contribution >= 4 is 5.91 Å². The maximum absolute atomic E-state index is 11.8. The Kier molecular flexibility index (Phi) is 7.61. The Morgan fingerprint density at radius 2 is 2.10 bits per heavy atom. The van der Waals surface area contributed by atoms with Gasteiger partial charge < -0.3 is 20.1 Å². The largest absolute Gasteiger partial charge is 0.493 e. The second-order valence-corrected chi connectivity index (χ2v) is 4.80. The highest BCUT2D eigenvalue weighted by atomic mass is 16.5. The van der Waals surface area contributed by atoms with Crippen LogP contribution in [0.25, 0.3) is 0 Å². The van der Waals surface area contributed by atoms with Crippen molar-refractivity contribution < 1.29 is 14.3 Å². The molecule has 0 heterocycles. The van der Waals surface area contributed by atoms with E-state index in [2.05, 4.69) is 17.6 Å². The molecular formula is C16H26N2O3. The molecule has 0 bridgehead atoms. The first kappa shape index (κ1) is 17.3. The molecule has 0 aliphatic rings. The van der Waals surface area contributed by atoms with Crippen molar-refractivity contribution in [3.63, 3.8) is 0 Å². The van der Waals surface area contributed by atoms with Crippen LogP contribution in [0.5, 0.6) is 11.5 Å². The molecule has 21 heavy (non-hydrogen) atoms. The molecule has 0 saturated carbocycles. The maximum Gasteiger partial charge on any atom is 0.260 e. The van der Waals surface area contributed by atoms with E-state index in [1.807, 2.05) is 32.2 Å². The smallest absolute Gasteiger partial charge is 0.260 e. The lowest BCUT2D eigenvalue weighted by Gasteiger charge is -2.18. The number of amides is 1. The third kappa shape index (κ3) is 5.63. The number of carbonyl (C=O) groups excluding carboxylic acids is 1. The molecule has 1 amide bonds. The molecule has 0 aliphatic carbocycles. The average Bonchev–Trinajstić information content (AvgIpc) is 2.47. The average molecular weight is 294 g/mol. The fourth-order valence-corrected chi connectivity index (χ4v) is 1.85. The van der Waals surface area contributed by atoms with Crippen molar-refractivity contribution in [3.8, 4) is 11.5 Å². The first-order chi connectivity index (χ1) is 10.1. The normalized spacial score (nSPS) is 11.8. The maximum atomic E-state index is 11.8. The number of likely N-dealkylation sites (N-methyl/N-ethyl adjacent to an activating group) is 1. The zero-order valence-corrected chi connectivity index (χ0v) is 13.4. The van der Waals surface area contributed by atoms with Gasteiger partial charge in [0, 0.05) is 24.7 Å². The van der Waals surface area contributed by atoms with Gasteiger partial charge in [-0.05, 0) is 33.4 Å². The van der Waals surface area contributed by atoms with Crippen LogP contribution in [0.2, 0.25) is 0 Å². The van der Waals surface area contributed by atoms with E-state index in [4.69, 9.17) is 9.47 Å². The lowest BCUT2D eigenvalue weighted by atomic mass is 10.2. The van der Waals surface area contributed by atoms with Crippen LogP contribution in [0.1, 0.15) is 32.8 Å². The highest BCUT2D eigenvalue weighted by Crippen LogP contribution is 2.26. The number of carbonyl (C=O) groups is 1. The monoisotopic (exact) mass is 294 g/mol. The minimum Gasteiger partial charge on any atom is -0.493 e. The second-order valence-electron chi connectivity index (χ2n) is 4.80. The van der Waals surface area contributed by atoms with Gasteiger partial charge in [0.1, 0.15) is 11.5 Å². The fourth-order valence-electron chi connectivity index (χ4n) is 1.85. The summed E-state index contributed by atoms with van der Waals surface area (Å²) in [5.41, 5.74) is 0.998. The van der Waals surface area contributed by atoms with Crippen LogP contribution in [0.15, 0.2) is 18.2 Å². The van der Waals surface area contributed by atoms with Crippen LogP contribution in [-0.2, 0) is 11.3 Å². The molecule has 5 nitrogen and oxygen atoms in total. The minimum atomic E-state index is -0.540. The Morgan fingerprint density at radius 1 is 1.33 bits per heavy atom. The summed E-state index contributed by atoms with van der Waals surface area (Å²) in [5, 5.41) is 5.85. The van der Waals surface area contributed by atoms with E-state index in [0.29, 0.717) is 25.4 Å². The summed E-state index contributed by atoms with van der Waals surface area (Å²) in [7, 11) is 1.87. The van der Waals surface area contributed by atoms with Gasteiger partial charge in [-0.3, -0.25) is 4.79 Å². The van der Waals surface area contributed by atoms with Crippen molar-refractivity contribution in [2.45, 2.75) is 39.8 Å². The molecule has 0 saturated heterocycles. The zero-order chi connectivity index (χ0) is 15.7. The van der Waals surface area contributed by atoms with E-state index in [1.54, 1.807) is 6.92 Å². The molecule has 2 N–H and O–H groups in total. The van der Waals surface area contributed by atoms with Crippen LogP contribution in [-0.4, -0.2) is 32.2 Å². The van der Waals surface area contributed by atoms with E-state index >= 15 is 0 Å². The quantitative estimate of drug-likeness (QED) is 0.732. The third-order valence-electron chi connectivity index (χ3n) is 2.90. The fraction of sp³-hybridized carbons (Fsp3) is 0.562. The van der Waals surface area contributed by atoms with E-state index in [0.717, 1.165) is 17.7 Å². The number of ether oxygens (including phenoxy) is 2. The number of rotatable bonds is 9. The third-order valence-corrected chi connectivity index (χ3v) is 2.90. The number of nitrogens with one attached hydrogen (secondary N) is 2. The SMILES string of the molecule is CCCOc1ccc(CNC)c(OC(C)C(=O)NCC)c1. The van der Waals surface area contributed by atoms with Crippen molar-refractivity contribution in [3.05, 3.63) is 23.8 Å². The van der Waals surface area contributed by atoms with Gasteiger partial charge in [-0.15, -0.1) is 0 Å². The molecule has 0 spiro atoms. The van der Waals surface area contributed by atoms with Crippen LogP contribution >= 0.6 is 0 Å². The van der Waals surface area contributed by atoms with Gasteiger partial charge in [-0.2, -0.15) is 0 Å². The molecule has 1 aromatic carbocycles. The van der Waals surface area contributed by atoms with E-state index < -0.39 is 6.10 Å². The van der Waals surface area contributed by atoms with Crippen molar-refractivity contribution in [1.29, 1.82) is 0 Å². The van der Waals surface area contributed by atoms with Gasteiger partial charge >= 0.3 is 0 Å². The van der Waals surface area contributed by atoms with Crippen molar-refractivity contribution in [2.75, 3.05) is 20.2 Å². The molecule has 0 radical (unpaired) electrons. The van der Waals surface area contributed by atoms with Crippen LogP contribution < -0.4 is 20.1 Å². The van der Waals surface area contributed by atoms with Crippen LogP contribution in [0.4, 0.5) is 0 Å². The summed E-state index contributed by atoms with van der Waals surface area (Å²) in [4.78, 5) is 11.8. The molecule has 1 rings (SSSR count). The summed E-state index contributed by atoms with van der Waals surface area (Å²) < 4.78 is 11.4. The summed E-state index contributed by atoms with van der Waals surface area (Å²) in [6, 6.07) is 5.73. The van der Waals surface area contributed by atoms with Crippen molar-refractivity contribution in [2.24, 2.45) is 0 Å². The predicted octanol–water partition coefficient (Wildman–Crippen LogP) is 2.10. The standard InChI is InChI=1S/C16H26N2O3/c1-5-9-20-14-8-7-13(11-17-4)15(10-14)21-12(3)16(19)18-6-2/h7-8,10,12,17H,5-6,9,11H2,1-4H3,(H,18,19). The van der Waals surface area contributed by atoms with Gasteiger partial charge in [-0.25, -0.2) is 0 Å². The molecule has 0 aromatic heterocycles. The topological polar surface area (TPSA) is 59.6 Å². The van der Waals surface area contributed by atoms with Crippen molar-refractivity contribution in [1.82, 2.24) is 10.6 Å². The number of hydrogen-bond acceptors (Lipinski definition) is 4. The molecule has 118 valence electrons. The lowest BCUT2D eigenvalue weighted by Crippen LogP contribution is -2.36. The Labute approximate surface area is 127 Å². The van der Waals surface area contributed by atoms with E-state index in [-0.39, 0.29) is 5.91 Å². The zero-order valence-electron chi connectivity index (χ0n) is 13.4. The van der Waals surface area contributed by atoms with Gasteiger partial charge in [0.25, 0.3) is 5.91 Å². The highest BCUT2D eigenvalue weighted by Gasteiger charge is 2.16.